The summed E-state index contributed by atoms with van der Waals surface area (Å²) in [6, 6.07) is 16.6. The first-order chi connectivity index (χ1) is 14.6. The van der Waals surface area contributed by atoms with E-state index < -0.39 is 11.9 Å². The number of benzene rings is 2. The second kappa shape index (κ2) is 16.1. The number of aliphatic hydroxyl groups is 2. The minimum atomic E-state index is -0.879. The number of carboxylic acid groups (broad SMARTS) is 2. The predicted octanol–water partition coefficient (Wildman–Crippen LogP) is 4.96. The monoisotopic (exact) mass is 432 g/mol. The van der Waals surface area contributed by atoms with Crippen molar-refractivity contribution in [3.8, 4) is 0 Å². The molecule has 2 aromatic carbocycles. The van der Waals surface area contributed by atoms with Crippen LogP contribution in [-0.2, 0) is 0 Å². The molecule has 3 unspecified atom stereocenters. The fraction of sp³-hybridized carbons (Fsp3) is 0.440. The van der Waals surface area contributed by atoms with Crippen molar-refractivity contribution in [2.45, 2.75) is 59.2 Å². The highest BCUT2D eigenvalue weighted by atomic mass is 16.4. The second-order valence-electron chi connectivity index (χ2n) is 7.68. The Hall–Kier alpha value is -2.70. The zero-order chi connectivity index (χ0) is 23.8. The van der Waals surface area contributed by atoms with Gasteiger partial charge in [0.15, 0.2) is 0 Å². The van der Waals surface area contributed by atoms with E-state index in [0.717, 1.165) is 19.3 Å². The fourth-order valence-corrected chi connectivity index (χ4v) is 2.52. The van der Waals surface area contributed by atoms with Gasteiger partial charge in [-0.2, -0.15) is 0 Å². The summed E-state index contributed by atoms with van der Waals surface area (Å²) >= 11 is 0. The Kier molecular flexibility index (Phi) is 14.7. The van der Waals surface area contributed by atoms with Gasteiger partial charge in [-0.15, -0.1) is 0 Å². The van der Waals surface area contributed by atoms with Crippen molar-refractivity contribution in [3.63, 3.8) is 0 Å². The van der Waals surface area contributed by atoms with Gasteiger partial charge < -0.3 is 20.4 Å². The summed E-state index contributed by atoms with van der Waals surface area (Å²) in [5.41, 5.74) is 0.662. The molecular weight excluding hydrogens is 396 g/mol. The predicted molar refractivity (Wildman–Crippen MR) is 122 cm³/mol. The highest BCUT2D eigenvalue weighted by molar-refractivity contribution is 5.87. The molecule has 0 heterocycles. The van der Waals surface area contributed by atoms with Crippen molar-refractivity contribution >= 4 is 11.9 Å². The molecular formula is C25H36O6. The molecule has 172 valence electrons. The molecule has 4 N–H and O–H groups in total. The zero-order valence-corrected chi connectivity index (χ0v) is 18.8. The molecule has 0 fully saturated rings. The van der Waals surface area contributed by atoms with Crippen LogP contribution in [0.25, 0.3) is 0 Å². The van der Waals surface area contributed by atoms with Gasteiger partial charge in [0.05, 0.1) is 23.3 Å². The topological polar surface area (TPSA) is 115 Å². The van der Waals surface area contributed by atoms with E-state index in [1.54, 1.807) is 60.7 Å². The molecule has 0 aliphatic carbocycles. The summed E-state index contributed by atoms with van der Waals surface area (Å²) in [6.45, 7) is 8.07. The lowest BCUT2D eigenvalue weighted by Gasteiger charge is -2.20. The maximum absolute atomic E-state index is 10.2. The minimum absolute atomic E-state index is 0.209. The Morgan fingerprint density at radius 3 is 1.35 bits per heavy atom. The van der Waals surface area contributed by atoms with Gasteiger partial charge in [0, 0.05) is 0 Å². The molecule has 0 aromatic heterocycles. The van der Waals surface area contributed by atoms with Crippen molar-refractivity contribution in [2.75, 3.05) is 0 Å². The van der Waals surface area contributed by atoms with Crippen molar-refractivity contribution in [1.29, 1.82) is 0 Å². The third kappa shape index (κ3) is 13.3. The highest BCUT2D eigenvalue weighted by Crippen LogP contribution is 2.17. The lowest BCUT2D eigenvalue weighted by atomic mass is 9.93. The third-order valence-electron chi connectivity index (χ3n) is 4.80. The Balaban J connectivity index is 0.000000445. The number of aliphatic hydroxyl groups excluding tert-OH is 2. The summed E-state index contributed by atoms with van der Waals surface area (Å²) in [7, 11) is 0. The molecule has 0 saturated carbocycles. The summed E-state index contributed by atoms with van der Waals surface area (Å²) in [4.78, 5) is 20.4. The van der Waals surface area contributed by atoms with Gasteiger partial charge >= 0.3 is 11.9 Å². The van der Waals surface area contributed by atoms with Crippen LogP contribution in [0.4, 0.5) is 0 Å². The van der Waals surface area contributed by atoms with Gasteiger partial charge in [0.25, 0.3) is 0 Å². The average Bonchev–Trinajstić information content (AvgIpc) is 2.78. The minimum Gasteiger partial charge on any atom is -0.478 e. The quantitative estimate of drug-likeness (QED) is 0.469. The number of rotatable bonds is 8. The molecule has 0 aliphatic rings. The molecule has 2 aromatic rings. The maximum atomic E-state index is 10.2. The number of hydrogen-bond acceptors (Lipinski definition) is 4. The normalized spacial score (nSPS) is 13.0. The summed E-state index contributed by atoms with van der Waals surface area (Å²) < 4.78 is 0. The van der Waals surface area contributed by atoms with Crippen LogP contribution < -0.4 is 0 Å². The molecule has 2 rings (SSSR count). The van der Waals surface area contributed by atoms with Gasteiger partial charge in [-0.05, 0) is 55.4 Å². The van der Waals surface area contributed by atoms with Gasteiger partial charge in [0.1, 0.15) is 0 Å². The molecule has 6 heteroatoms. The van der Waals surface area contributed by atoms with Crippen molar-refractivity contribution in [1.82, 2.24) is 0 Å². The SMILES string of the molecule is CCC(O)C(C)CCC(O)C(C)C.O=C(O)c1ccccc1.O=C(O)c1ccccc1. The van der Waals surface area contributed by atoms with E-state index in [9.17, 15) is 19.8 Å². The number of carbonyl (C=O) groups is 2. The first-order valence-corrected chi connectivity index (χ1v) is 10.5. The molecule has 0 amide bonds. The van der Waals surface area contributed by atoms with Crippen LogP contribution in [0.1, 0.15) is 67.7 Å². The molecule has 0 spiro atoms. The Bertz CT molecular complexity index is 681. The largest absolute Gasteiger partial charge is 0.478 e. The van der Waals surface area contributed by atoms with Gasteiger partial charge in [-0.3, -0.25) is 0 Å². The lowest BCUT2D eigenvalue weighted by molar-refractivity contribution is 0.0686. The number of aromatic carboxylic acids is 2. The number of carboxylic acids is 2. The molecule has 0 bridgehead atoms. The van der Waals surface area contributed by atoms with Crippen molar-refractivity contribution in [2.24, 2.45) is 11.8 Å². The standard InChI is InChI=1S/C11H24O2.2C7H6O2/c1-5-10(12)9(4)6-7-11(13)8(2)3;2*8-7(9)6-4-2-1-3-5-6/h8-13H,5-7H2,1-4H3;2*1-5H,(H,8,9). The van der Waals surface area contributed by atoms with Crippen molar-refractivity contribution in [3.05, 3.63) is 71.8 Å². The van der Waals surface area contributed by atoms with E-state index in [1.165, 1.54) is 0 Å². The average molecular weight is 433 g/mol. The molecule has 0 aliphatic heterocycles. The smallest absolute Gasteiger partial charge is 0.335 e. The van der Waals surface area contributed by atoms with Crippen LogP contribution in [0.15, 0.2) is 60.7 Å². The fourth-order valence-electron chi connectivity index (χ4n) is 2.52. The van der Waals surface area contributed by atoms with Crippen LogP contribution >= 0.6 is 0 Å². The van der Waals surface area contributed by atoms with E-state index in [4.69, 9.17) is 10.2 Å². The summed E-state index contributed by atoms with van der Waals surface area (Å²) in [5, 5.41) is 35.8. The zero-order valence-electron chi connectivity index (χ0n) is 18.8. The van der Waals surface area contributed by atoms with Crippen molar-refractivity contribution < 1.29 is 30.0 Å². The summed E-state index contributed by atoms with van der Waals surface area (Å²) in [5.74, 6) is -1.13. The van der Waals surface area contributed by atoms with Crippen LogP contribution in [0.5, 0.6) is 0 Å². The Morgan fingerprint density at radius 1 is 0.710 bits per heavy atom. The highest BCUT2D eigenvalue weighted by Gasteiger charge is 2.15. The molecule has 6 nitrogen and oxygen atoms in total. The second-order valence-corrected chi connectivity index (χ2v) is 7.68. The Labute approximate surface area is 185 Å². The van der Waals surface area contributed by atoms with E-state index in [1.807, 2.05) is 27.7 Å². The van der Waals surface area contributed by atoms with Gasteiger partial charge in [-0.1, -0.05) is 64.1 Å². The lowest BCUT2D eigenvalue weighted by Crippen LogP contribution is -2.21. The van der Waals surface area contributed by atoms with Crippen LogP contribution in [0.2, 0.25) is 0 Å². The van der Waals surface area contributed by atoms with E-state index in [-0.39, 0.29) is 12.2 Å². The number of hydrogen-bond donors (Lipinski definition) is 4. The molecule has 3 atom stereocenters. The van der Waals surface area contributed by atoms with E-state index >= 15 is 0 Å². The summed E-state index contributed by atoms with van der Waals surface area (Å²) in [6.07, 6.45) is 2.09. The van der Waals surface area contributed by atoms with E-state index in [2.05, 4.69) is 0 Å². The molecule has 31 heavy (non-hydrogen) atoms. The van der Waals surface area contributed by atoms with Gasteiger partial charge in [0.2, 0.25) is 0 Å². The van der Waals surface area contributed by atoms with Gasteiger partial charge in [-0.25, -0.2) is 9.59 Å². The van der Waals surface area contributed by atoms with Crippen LogP contribution in [0.3, 0.4) is 0 Å². The first kappa shape index (κ1) is 28.3. The maximum Gasteiger partial charge on any atom is 0.335 e. The molecule has 0 radical (unpaired) electrons. The third-order valence-corrected chi connectivity index (χ3v) is 4.80. The van der Waals surface area contributed by atoms with Crippen LogP contribution in [0, 0.1) is 11.8 Å². The molecule has 0 saturated heterocycles. The Morgan fingerprint density at radius 2 is 1.10 bits per heavy atom. The van der Waals surface area contributed by atoms with E-state index in [0.29, 0.717) is 23.0 Å². The first-order valence-electron chi connectivity index (χ1n) is 10.5. The van der Waals surface area contributed by atoms with Crippen LogP contribution in [-0.4, -0.2) is 44.6 Å².